The highest BCUT2D eigenvalue weighted by molar-refractivity contribution is 5.90. The standard InChI is InChI=1S/C12H19N3O3.ClH/c1-17-11-5-3-2-4-10(11)15-12(16)14-7-9-18-8-6-13;/h2-5H,6-9,13H2,1H3,(H2,14,15,16);1H. The third-order valence-electron chi connectivity index (χ3n) is 2.15. The SMILES string of the molecule is COc1ccccc1NC(=O)NCCOCCN.Cl. The maximum atomic E-state index is 11.6. The highest BCUT2D eigenvalue weighted by atomic mass is 35.5. The average Bonchev–Trinajstić information content (AvgIpc) is 2.39. The van der Waals surface area contributed by atoms with E-state index >= 15 is 0 Å². The third-order valence-corrected chi connectivity index (χ3v) is 2.15. The Balaban J connectivity index is 0.00000324. The number of para-hydroxylation sites is 2. The molecule has 1 rings (SSSR count). The number of ether oxygens (including phenoxy) is 2. The molecule has 0 bridgehead atoms. The number of carbonyl (C=O) groups excluding carboxylic acids is 1. The van der Waals surface area contributed by atoms with Crippen LogP contribution in [0.4, 0.5) is 10.5 Å². The molecule has 0 aliphatic heterocycles. The Hall–Kier alpha value is -1.50. The number of anilines is 1. The summed E-state index contributed by atoms with van der Waals surface area (Å²) in [5.41, 5.74) is 5.89. The largest absolute Gasteiger partial charge is 0.495 e. The van der Waals surface area contributed by atoms with Crippen LogP contribution in [0.2, 0.25) is 0 Å². The normalized spacial score (nSPS) is 9.37. The van der Waals surface area contributed by atoms with E-state index in [0.29, 0.717) is 37.7 Å². The summed E-state index contributed by atoms with van der Waals surface area (Å²) in [6.45, 7) is 1.85. The summed E-state index contributed by atoms with van der Waals surface area (Å²) >= 11 is 0. The van der Waals surface area contributed by atoms with Crippen LogP contribution in [0.3, 0.4) is 0 Å². The molecule has 0 aromatic heterocycles. The highest BCUT2D eigenvalue weighted by Crippen LogP contribution is 2.22. The zero-order valence-corrected chi connectivity index (χ0v) is 11.7. The van der Waals surface area contributed by atoms with Crippen LogP contribution in [0, 0.1) is 0 Å². The van der Waals surface area contributed by atoms with Gasteiger partial charge in [0.2, 0.25) is 0 Å². The highest BCUT2D eigenvalue weighted by Gasteiger charge is 2.05. The second kappa shape index (κ2) is 10.4. The monoisotopic (exact) mass is 289 g/mol. The van der Waals surface area contributed by atoms with Gasteiger partial charge in [-0.1, -0.05) is 12.1 Å². The topological polar surface area (TPSA) is 85.6 Å². The molecule has 4 N–H and O–H groups in total. The van der Waals surface area contributed by atoms with Crippen molar-refractivity contribution in [2.75, 3.05) is 38.7 Å². The number of halogens is 1. The first kappa shape index (κ1) is 17.5. The molecule has 0 heterocycles. The van der Waals surface area contributed by atoms with Crippen LogP contribution >= 0.6 is 12.4 Å². The summed E-state index contributed by atoms with van der Waals surface area (Å²) in [7, 11) is 1.55. The van der Waals surface area contributed by atoms with Crippen LogP contribution in [-0.4, -0.2) is 39.4 Å². The summed E-state index contributed by atoms with van der Waals surface area (Å²) in [5.74, 6) is 0.618. The fraction of sp³-hybridized carbons (Fsp3) is 0.417. The number of hydrogen-bond acceptors (Lipinski definition) is 4. The van der Waals surface area contributed by atoms with Gasteiger partial charge < -0.3 is 25.8 Å². The average molecular weight is 290 g/mol. The van der Waals surface area contributed by atoms with Gasteiger partial charge in [-0.15, -0.1) is 12.4 Å². The van der Waals surface area contributed by atoms with E-state index in [-0.39, 0.29) is 18.4 Å². The molecule has 19 heavy (non-hydrogen) atoms. The van der Waals surface area contributed by atoms with Crippen molar-refractivity contribution in [3.63, 3.8) is 0 Å². The van der Waals surface area contributed by atoms with E-state index in [0.717, 1.165) is 0 Å². The molecule has 0 saturated heterocycles. The lowest BCUT2D eigenvalue weighted by molar-refractivity contribution is 0.144. The summed E-state index contributed by atoms with van der Waals surface area (Å²) < 4.78 is 10.3. The summed E-state index contributed by atoms with van der Waals surface area (Å²) in [4.78, 5) is 11.6. The zero-order valence-electron chi connectivity index (χ0n) is 10.8. The van der Waals surface area contributed by atoms with E-state index in [1.165, 1.54) is 0 Å². The van der Waals surface area contributed by atoms with Crippen LogP contribution in [0.25, 0.3) is 0 Å². The molecule has 0 unspecified atom stereocenters. The number of hydrogen-bond donors (Lipinski definition) is 3. The Morgan fingerprint density at radius 1 is 1.32 bits per heavy atom. The van der Waals surface area contributed by atoms with E-state index in [4.69, 9.17) is 15.2 Å². The zero-order chi connectivity index (χ0) is 13.2. The number of nitrogens with one attached hydrogen (secondary N) is 2. The fourth-order valence-electron chi connectivity index (χ4n) is 1.34. The van der Waals surface area contributed by atoms with Gasteiger partial charge in [0, 0.05) is 13.1 Å². The van der Waals surface area contributed by atoms with Crippen molar-refractivity contribution in [2.45, 2.75) is 0 Å². The van der Waals surface area contributed by atoms with Gasteiger partial charge in [-0.25, -0.2) is 4.79 Å². The van der Waals surface area contributed by atoms with Gasteiger partial charge in [0.15, 0.2) is 0 Å². The summed E-state index contributed by atoms with van der Waals surface area (Å²) in [5, 5.41) is 5.37. The van der Waals surface area contributed by atoms with Crippen molar-refractivity contribution in [3.05, 3.63) is 24.3 Å². The van der Waals surface area contributed by atoms with Crippen LogP contribution in [0.5, 0.6) is 5.75 Å². The van der Waals surface area contributed by atoms with E-state index in [1.807, 2.05) is 12.1 Å². The van der Waals surface area contributed by atoms with Gasteiger partial charge in [0.1, 0.15) is 5.75 Å². The first-order valence-corrected chi connectivity index (χ1v) is 5.73. The molecule has 6 nitrogen and oxygen atoms in total. The number of carbonyl (C=O) groups is 1. The molecule has 0 aliphatic carbocycles. The van der Waals surface area contributed by atoms with Gasteiger partial charge >= 0.3 is 6.03 Å². The Bertz CT molecular complexity index is 377. The molecular weight excluding hydrogens is 270 g/mol. The quantitative estimate of drug-likeness (QED) is 0.659. The maximum absolute atomic E-state index is 11.6. The number of benzene rings is 1. The smallest absolute Gasteiger partial charge is 0.319 e. The number of methoxy groups -OCH3 is 1. The van der Waals surface area contributed by atoms with Crippen molar-refractivity contribution >= 4 is 24.1 Å². The second-order valence-corrected chi connectivity index (χ2v) is 3.48. The predicted octanol–water partition coefficient (Wildman–Crippen LogP) is 1.21. The molecule has 1 aromatic rings. The lowest BCUT2D eigenvalue weighted by Crippen LogP contribution is -2.32. The van der Waals surface area contributed by atoms with E-state index in [9.17, 15) is 4.79 Å². The van der Waals surface area contributed by atoms with E-state index < -0.39 is 0 Å². The first-order valence-electron chi connectivity index (χ1n) is 5.73. The van der Waals surface area contributed by atoms with E-state index in [1.54, 1.807) is 19.2 Å². The maximum Gasteiger partial charge on any atom is 0.319 e. The predicted molar refractivity (Wildman–Crippen MR) is 77.1 cm³/mol. The van der Waals surface area contributed by atoms with Crippen molar-refractivity contribution < 1.29 is 14.3 Å². The lowest BCUT2D eigenvalue weighted by atomic mass is 10.3. The molecule has 0 radical (unpaired) electrons. The van der Waals surface area contributed by atoms with Crippen molar-refractivity contribution in [3.8, 4) is 5.75 Å². The Kier molecular flexibility index (Phi) is 9.60. The van der Waals surface area contributed by atoms with Crippen LogP contribution < -0.4 is 21.1 Å². The third kappa shape index (κ3) is 6.85. The van der Waals surface area contributed by atoms with Gasteiger partial charge in [0.25, 0.3) is 0 Å². The van der Waals surface area contributed by atoms with Crippen molar-refractivity contribution in [2.24, 2.45) is 5.73 Å². The molecule has 0 saturated carbocycles. The van der Waals surface area contributed by atoms with E-state index in [2.05, 4.69) is 10.6 Å². The molecular formula is C12H20ClN3O3. The number of nitrogens with two attached hydrogens (primary N) is 1. The molecule has 7 heteroatoms. The molecule has 0 fully saturated rings. The first-order chi connectivity index (χ1) is 8.77. The minimum absolute atomic E-state index is 0. The minimum atomic E-state index is -0.296. The molecule has 0 aliphatic rings. The molecule has 2 amide bonds. The minimum Gasteiger partial charge on any atom is -0.495 e. The van der Waals surface area contributed by atoms with Crippen LogP contribution in [0.15, 0.2) is 24.3 Å². The van der Waals surface area contributed by atoms with Crippen LogP contribution in [0.1, 0.15) is 0 Å². The lowest BCUT2D eigenvalue weighted by Gasteiger charge is -2.10. The molecule has 0 atom stereocenters. The van der Waals surface area contributed by atoms with Gasteiger partial charge in [-0.05, 0) is 12.1 Å². The van der Waals surface area contributed by atoms with Crippen molar-refractivity contribution in [1.29, 1.82) is 0 Å². The molecule has 0 spiro atoms. The Morgan fingerprint density at radius 2 is 2.05 bits per heavy atom. The Labute approximate surface area is 119 Å². The Morgan fingerprint density at radius 3 is 2.74 bits per heavy atom. The number of rotatable bonds is 7. The van der Waals surface area contributed by atoms with Gasteiger partial charge in [0.05, 0.1) is 26.0 Å². The number of amides is 2. The van der Waals surface area contributed by atoms with Crippen LogP contribution in [-0.2, 0) is 4.74 Å². The second-order valence-electron chi connectivity index (χ2n) is 3.48. The van der Waals surface area contributed by atoms with Gasteiger partial charge in [-0.2, -0.15) is 0 Å². The summed E-state index contributed by atoms with van der Waals surface area (Å²) in [6, 6.07) is 6.91. The fourth-order valence-corrected chi connectivity index (χ4v) is 1.34. The summed E-state index contributed by atoms with van der Waals surface area (Å²) in [6.07, 6.45) is 0. The van der Waals surface area contributed by atoms with Crippen molar-refractivity contribution in [1.82, 2.24) is 5.32 Å². The molecule has 1 aromatic carbocycles. The number of urea groups is 1. The molecule has 108 valence electrons. The van der Waals surface area contributed by atoms with Gasteiger partial charge in [-0.3, -0.25) is 0 Å².